The average Bonchev–Trinajstić information content (AvgIpc) is 3.07. The van der Waals surface area contributed by atoms with Crippen molar-refractivity contribution in [3.8, 4) is 16.9 Å². The molecule has 2 heterocycles. The summed E-state index contributed by atoms with van der Waals surface area (Å²) in [6, 6.07) is 11.3. The first kappa shape index (κ1) is 20.3. The van der Waals surface area contributed by atoms with Gasteiger partial charge in [0.2, 0.25) is 5.95 Å². The highest BCUT2D eigenvalue weighted by Crippen LogP contribution is 2.34. The fraction of sp³-hybridized carbons (Fsp3) is 0.150. The van der Waals surface area contributed by atoms with Crippen LogP contribution in [0.1, 0.15) is 0 Å². The van der Waals surface area contributed by atoms with Gasteiger partial charge in [-0.3, -0.25) is 0 Å². The monoisotopic (exact) mass is 446 g/mol. The van der Waals surface area contributed by atoms with Crippen molar-refractivity contribution in [2.75, 3.05) is 31.3 Å². The van der Waals surface area contributed by atoms with Crippen molar-refractivity contribution < 1.29 is 9.13 Å². The number of anilines is 2. The number of benzene rings is 2. The molecule has 0 saturated heterocycles. The molecule has 0 fully saturated rings. The van der Waals surface area contributed by atoms with Gasteiger partial charge >= 0.3 is 0 Å². The lowest BCUT2D eigenvalue weighted by Gasteiger charge is -2.09. The van der Waals surface area contributed by atoms with Crippen LogP contribution in [0.3, 0.4) is 0 Å². The third-order valence-corrected chi connectivity index (χ3v) is 5.17. The normalized spacial score (nSPS) is 11.2. The van der Waals surface area contributed by atoms with Gasteiger partial charge in [0, 0.05) is 19.2 Å². The number of rotatable bonds is 6. The standard InChI is InChI=1S/C20H17Cl2FN6O/c1-30-9-8-25-20-26-17(12-4-2-3-5-15(12)23)16-18(24)29(28-19(16)27-20)11-6-7-13(21)14(22)10-11/h2-7,10H,8-9,24H2,1H3,(H,25,27,28). The second-order valence-electron chi connectivity index (χ2n) is 6.39. The van der Waals surface area contributed by atoms with E-state index < -0.39 is 5.82 Å². The van der Waals surface area contributed by atoms with Gasteiger partial charge in [-0.05, 0) is 30.3 Å². The molecule has 0 radical (unpaired) electrons. The molecule has 3 N–H and O–H groups in total. The number of aromatic nitrogens is 4. The number of nitrogens with two attached hydrogens (primary N) is 1. The first-order chi connectivity index (χ1) is 14.5. The van der Waals surface area contributed by atoms with Crippen LogP contribution in [0.2, 0.25) is 10.0 Å². The van der Waals surface area contributed by atoms with Crippen LogP contribution in [0.25, 0.3) is 28.0 Å². The second kappa shape index (κ2) is 8.43. The fourth-order valence-electron chi connectivity index (χ4n) is 3.02. The Hall–Kier alpha value is -2.94. The number of nitrogens with one attached hydrogen (secondary N) is 1. The van der Waals surface area contributed by atoms with Crippen molar-refractivity contribution in [3.05, 3.63) is 58.3 Å². The zero-order chi connectivity index (χ0) is 21.3. The van der Waals surface area contributed by atoms with Crippen molar-refractivity contribution in [1.82, 2.24) is 19.7 Å². The molecule has 0 aliphatic rings. The lowest BCUT2D eigenvalue weighted by molar-refractivity contribution is 0.210. The SMILES string of the molecule is COCCNc1nc(-c2ccccc2F)c2c(N)n(-c3ccc(Cl)c(Cl)c3)nc2n1. The summed E-state index contributed by atoms with van der Waals surface area (Å²) in [7, 11) is 1.59. The lowest BCUT2D eigenvalue weighted by atomic mass is 10.1. The molecule has 0 unspecified atom stereocenters. The smallest absolute Gasteiger partial charge is 0.225 e. The number of nitrogens with zero attached hydrogens (tertiary/aromatic N) is 4. The van der Waals surface area contributed by atoms with Gasteiger partial charge < -0.3 is 15.8 Å². The minimum absolute atomic E-state index is 0.255. The van der Waals surface area contributed by atoms with E-state index >= 15 is 0 Å². The molecule has 4 aromatic rings. The van der Waals surface area contributed by atoms with Gasteiger partial charge in [-0.2, -0.15) is 4.98 Å². The van der Waals surface area contributed by atoms with Crippen molar-refractivity contribution >= 4 is 46.0 Å². The molecule has 0 bridgehead atoms. The predicted molar refractivity (Wildman–Crippen MR) is 117 cm³/mol. The Morgan fingerprint density at radius 3 is 2.67 bits per heavy atom. The summed E-state index contributed by atoms with van der Waals surface area (Å²) in [5.41, 5.74) is 7.93. The van der Waals surface area contributed by atoms with Crippen molar-refractivity contribution in [1.29, 1.82) is 0 Å². The van der Waals surface area contributed by atoms with Crippen molar-refractivity contribution in [3.63, 3.8) is 0 Å². The van der Waals surface area contributed by atoms with E-state index in [1.54, 1.807) is 43.5 Å². The van der Waals surface area contributed by atoms with E-state index in [2.05, 4.69) is 20.4 Å². The maximum atomic E-state index is 14.6. The van der Waals surface area contributed by atoms with E-state index in [4.69, 9.17) is 33.7 Å². The van der Waals surface area contributed by atoms with Crippen LogP contribution in [0, 0.1) is 5.82 Å². The van der Waals surface area contributed by atoms with E-state index in [9.17, 15) is 4.39 Å². The van der Waals surface area contributed by atoms with Gasteiger partial charge in [-0.1, -0.05) is 35.3 Å². The summed E-state index contributed by atoms with van der Waals surface area (Å²) in [4.78, 5) is 8.94. The fourth-order valence-corrected chi connectivity index (χ4v) is 3.31. The molecule has 0 amide bonds. The number of nitrogen functional groups attached to an aromatic ring is 1. The van der Waals surface area contributed by atoms with Gasteiger partial charge in [0.15, 0.2) is 5.65 Å². The van der Waals surface area contributed by atoms with Crippen LogP contribution in [0.4, 0.5) is 16.2 Å². The van der Waals surface area contributed by atoms with Gasteiger partial charge in [-0.25, -0.2) is 14.1 Å². The number of halogens is 3. The van der Waals surface area contributed by atoms with Crippen LogP contribution >= 0.6 is 23.2 Å². The lowest BCUT2D eigenvalue weighted by Crippen LogP contribution is -2.11. The molecule has 4 rings (SSSR count). The summed E-state index contributed by atoms with van der Waals surface area (Å²) in [5, 5.41) is 8.76. The van der Waals surface area contributed by atoms with E-state index in [0.29, 0.717) is 51.2 Å². The van der Waals surface area contributed by atoms with E-state index in [1.165, 1.54) is 10.7 Å². The Morgan fingerprint density at radius 1 is 1.13 bits per heavy atom. The molecular formula is C20H17Cl2FN6O. The number of ether oxygens (including phenoxy) is 1. The topological polar surface area (TPSA) is 90.9 Å². The minimum Gasteiger partial charge on any atom is -0.383 e. The molecule has 7 nitrogen and oxygen atoms in total. The largest absolute Gasteiger partial charge is 0.383 e. The highest BCUT2D eigenvalue weighted by molar-refractivity contribution is 6.42. The van der Waals surface area contributed by atoms with Crippen LogP contribution in [0.5, 0.6) is 0 Å². The summed E-state index contributed by atoms with van der Waals surface area (Å²) in [6.07, 6.45) is 0. The number of methoxy groups -OCH3 is 1. The Morgan fingerprint density at radius 2 is 1.93 bits per heavy atom. The summed E-state index contributed by atoms with van der Waals surface area (Å²) >= 11 is 12.2. The van der Waals surface area contributed by atoms with Crippen molar-refractivity contribution in [2.45, 2.75) is 0 Å². The first-order valence-corrected chi connectivity index (χ1v) is 9.74. The van der Waals surface area contributed by atoms with Crippen LogP contribution < -0.4 is 11.1 Å². The molecule has 154 valence electrons. The first-order valence-electron chi connectivity index (χ1n) is 8.99. The predicted octanol–water partition coefficient (Wildman–Crippen LogP) is 4.57. The molecule has 30 heavy (non-hydrogen) atoms. The second-order valence-corrected chi connectivity index (χ2v) is 7.20. The van der Waals surface area contributed by atoms with E-state index in [-0.39, 0.29) is 11.8 Å². The van der Waals surface area contributed by atoms with Gasteiger partial charge in [-0.15, -0.1) is 5.10 Å². The third kappa shape index (κ3) is 3.77. The molecule has 0 atom stereocenters. The summed E-state index contributed by atoms with van der Waals surface area (Å²) in [6.45, 7) is 0.929. The summed E-state index contributed by atoms with van der Waals surface area (Å²) < 4.78 is 21.1. The molecule has 0 aliphatic heterocycles. The quantitative estimate of drug-likeness (QED) is 0.421. The summed E-state index contributed by atoms with van der Waals surface area (Å²) in [5.74, 6) is 0.115. The molecule has 0 aliphatic carbocycles. The van der Waals surface area contributed by atoms with Crippen LogP contribution in [-0.2, 0) is 4.74 Å². The average molecular weight is 447 g/mol. The Kier molecular flexibility index (Phi) is 5.72. The molecule has 0 saturated carbocycles. The zero-order valence-electron chi connectivity index (χ0n) is 15.9. The number of hydrogen-bond donors (Lipinski definition) is 2. The highest BCUT2D eigenvalue weighted by Gasteiger charge is 2.21. The van der Waals surface area contributed by atoms with Crippen LogP contribution in [0.15, 0.2) is 42.5 Å². The Labute approximate surface area is 181 Å². The number of fused-ring (bicyclic) bond motifs is 1. The minimum atomic E-state index is -0.429. The number of hydrogen-bond acceptors (Lipinski definition) is 6. The molecule has 10 heteroatoms. The van der Waals surface area contributed by atoms with Crippen molar-refractivity contribution in [2.24, 2.45) is 0 Å². The van der Waals surface area contributed by atoms with Crippen LogP contribution in [-0.4, -0.2) is 40.0 Å². The third-order valence-electron chi connectivity index (χ3n) is 4.43. The molecular weight excluding hydrogens is 430 g/mol. The van der Waals surface area contributed by atoms with Gasteiger partial charge in [0.25, 0.3) is 0 Å². The highest BCUT2D eigenvalue weighted by atomic mass is 35.5. The molecule has 0 spiro atoms. The Bertz CT molecular complexity index is 1230. The van der Waals surface area contributed by atoms with E-state index in [0.717, 1.165) is 0 Å². The molecule has 2 aromatic heterocycles. The molecule has 2 aromatic carbocycles. The van der Waals surface area contributed by atoms with E-state index in [1.807, 2.05) is 0 Å². The zero-order valence-corrected chi connectivity index (χ0v) is 17.4. The van der Waals surface area contributed by atoms with Gasteiger partial charge in [0.05, 0.1) is 33.4 Å². The Balaban J connectivity index is 1.94. The van der Waals surface area contributed by atoms with Gasteiger partial charge in [0.1, 0.15) is 11.6 Å². The maximum Gasteiger partial charge on any atom is 0.225 e. The maximum absolute atomic E-state index is 14.6.